The molecular formula is C15H19NO2S. The second kappa shape index (κ2) is 4.67. The molecule has 0 spiro atoms. The van der Waals surface area contributed by atoms with Gasteiger partial charge in [0.1, 0.15) is 4.88 Å². The van der Waals surface area contributed by atoms with Crippen molar-refractivity contribution in [1.82, 2.24) is 4.98 Å². The van der Waals surface area contributed by atoms with E-state index in [-0.39, 0.29) is 0 Å². The largest absolute Gasteiger partial charge is 0.477 e. The molecule has 0 amide bonds. The predicted octanol–water partition coefficient (Wildman–Crippen LogP) is 4.59. The predicted molar refractivity (Wildman–Crippen MR) is 78.4 cm³/mol. The normalized spacial score (nSPS) is 17.2. The van der Waals surface area contributed by atoms with Gasteiger partial charge < -0.3 is 10.1 Å². The van der Waals surface area contributed by atoms with E-state index in [2.05, 4.69) is 11.9 Å². The minimum absolute atomic E-state index is 0.485. The quantitative estimate of drug-likeness (QED) is 0.843. The van der Waals surface area contributed by atoms with E-state index in [1.54, 1.807) is 0 Å². The number of aryl methyl sites for hydroxylation is 2. The average molecular weight is 277 g/mol. The second-order valence-electron chi connectivity index (χ2n) is 5.56. The van der Waals surface area contributed by atoms with Gasteiger partial charge in [0.2, 0.25) is 0 Å². The van der Waals surface area contributed by atoms with E-state index in [1.807, 2.05) is 6.92 Å². The number of H-pyrrole nitrogens is 1. The van der Waals surface area contributed by atoms with E-state index < -0.39 is 5.97 Å². The fourth-order valence-corrected chi connectivity index (χ4v) is 4.65. The molecule has 2 N–H and O–H groups in total. The van der Waals surface area contributed by atoms with Gasteiger partial charge in [-0.2, -0.15) is 0 Å². The van der Waals surface area contributed by atoms with Gasteiger partial charge in [-0.15, -0.1) is 11.3 Å². The van der Waals surface area contributed by atoms with Crippen LogP contribution in [0.5, 0.6) is 0 Å². The summed E-state index contributed by atoms with van der Waals surface area (Å²) in [4.78, 5) is 15.2. The van der Waals surface area contributed by atoms with Crippen molar-refractivity contribution >= 4 is 27.5 Å². The second-order valence-corrected chi connectivity index (χ2v) is 6.58. The Morgan fingerprint density at radius 2 is 1.95 bits per heavy atom. The molecule has 0 radical (unpaired) electrons. The Balaban J connectivity index is 2.15. The minimum atomic E-state index is -0.806. The van der Waals surface area contributed by atoms with Crippen LogP contribution in [0.2, 0.25) is 0 Å². The first-order chi connectivity index (χ1) is 9.09. The summed E-state index contributed by atoms with van der Waals surface area (Å²) >= 11 is 1.44. The van der Waals surface area contributed by atoms with Crippen LogP contribution in [-0.4, -0.2) is 16.1 Å². The van der Waals surface area contributed by atoms with Crippen molar-refractivity contribution < 1.29 is 9.90 Å². The van der Waals surface area contributed by atoms with E-state index in [0.29, 0.717) is 10.8 Å². The van der Waals surface area contributed by atoms with E-state index in [1.165, 1.54) is 59.4 Å². The summed E-state index contributed by atoms with van der Waals surface area (Å²) in [7, 11) is 0. The summed E-state index contributed by atoms with van der Waals surface area (Å²) in [6.45, 7) is 4.03. The summed E-state index contributed by atoms with van der Waals surface area (Å²) in [5.41, 5.74) is 4.54. The number of carboxylic acid groups (broad SMARTS) is 1. The van der Waals surface area contributed by atoms with Gasteiger partial charge in [-0.3, -0.25) is 0 Å². The molecule has 0 aliphatic heterocycles. The van der Waals surface area contributed by atoms with Crippen LogP contribution in [0.3, 0.4) is 0 Å². The highest BCUT2D eigenvalue weighted by Gasteiger charge is 2.25. The van der Waals surface area contributed by atoms with Crippen LogP contribution in [0.4, 0.5) is 0 Å². The number of aromatic carboxylic acids is 1. The molecule has 0 bridgehead atoms. The monoisotopic (exact) mass is 277 g/mol. The molecule has 1 fully saturated rings. The topological polar surface area (TPSA) is 53.1 Å². The highest BCUT2D eigenvalue weighted by atomic mass is 32.1. The fourth-order valence-electron chi connectivity index (χ4n) is 3.37. The third kappa shape index (κ3) is 1.98. The van der Waals surface area contributed by atoms with Crippen molar-refractivity contribution in [1.29, 1.82) is 0 Å². The van der Waals surface area contributed by atoms with Crippen molar-refractivity contribution in [3.8, 4) is 0 Å². The van der Waals surface area contributed by atoms with E-state index >= 15 is 0 Å². The van der Waals surface area contributed by atoms with Gasteiger partial charge in [-0.05, 0) is 43.7 Å². The van der Waals surface area contributed by atoms with Gasteiger partial charge in [0, 0.05) is 5.69 Å². The Morgan fingerprint density at radius 1 is 1.26 bits per heavy atom. The van der Waals surface area contributed by atoms with Crippen molar-refractivity contribution in [2.75, 3.05) is 0 Å². The third-order valence-electron chi connectivity index (χ3n) is 4.32. The maximum atomic E-state index is 11.3. The van der Waals surface area contributed by atoms with Gasteiger partial charge in [0.25, 0.3) is 0 Å². The van der Waals surface area contributed by atoms with Crippen LogP contribution in [0.25, 0.3) is 10.2 Å². The van der Waals surface area contributed by atoms with Crippen molar-refractivity contribution in [3.05, 3.63) is 21.7 Å². The van der Waals surface area contributed by atoms with Gasteiger partial charge in [0.05, 0.1) is 10.2 Å². The van der Waals surface area contributed by atoms with E-state index in [0.717, 1.165) is 11.1 Å². The zero-order valence-electron chi connectivity index (χ0n) is 11.4. The molecule has 0 atom stereocenters. The number of rotatable bonds is 2. The lowest BCUT2D eigenvalue weighted by atomic mass is 9.84. The Morgan fingerprint density at radius 3 is 2.58 bits per heavy atom. The smallest absolute Gasteiger partial charge is 0.346 e. The molecule has 102 valence electrons. The fraction of sp³-hybridized carbons (Fsp3) is 0.533. The van der Waals surface area contributed by atoms with Gasteiger partial charge in [-0.25, -0.2) is 4.79 Å². The molecule has 1 aliphatic carbocycles. The molecule has 2 heterocycles. The van der Waals surface area contributed by atoms with Crippen LogP contribution in [0.15, 0.2) is 0 Å². The van der Waals surface area contributed by atoms with E-state index in [9.17, 15) is 9.90 Å². The number of hydrogen-bond donors (Lipinski definition) is 2. The number of carbonyl (C=O) groups is 1. The first kappa shape index (κ1) is 12.7. The first-order valence-corrected chi connectivity index (χ1v) is 7.76. The molecular weight excluding hydrogens is 258 g/mol. The number of carboxylic acids is 1. The van der Waals surface area contributed by atoms with Crippen LogP contribution >= 0.6 is 11.3 Å². The lowest BCUT2D eigenvalue weighted by molar-refractivity contribution is 0.0701. The number of nitrogens with one attached hydrogen (secondary N) is 1. The average Bonchev–Trinajstić information content (AvgIpc) is 2.87. The number of hydrogen-bond acceptors (Lipinski definition) is 2. The van der Waals surface area contributed by atoms with Gasteiger partial charge in [-0.1, -0.05) is 19.3 Å². The van der Waals surface area contributed by atoms with Crippen LogP contribution in [0.1, 0.15) is 64.5 Å². The van der Waals surface area contributed by atoms with Crippen molar-refractivity contribution in [2.24, 2.45) is 0 Å². The molecule has 1 aliphatic rings. The molecule has 3 nitrogen and oxygen atoms in total. The summed E-state index contributed by atoms with van der Waals surface area (Å²) in [5.74, 6) is -0.193. The van der Waals surface area contributed by atoms with Crippen LogP contribution in [-0.2, 0) is 0 Å². The number of aromatic amines is 1. The summed E-state index contributed by atoms with van der Waals surface area (Å²) < 4.78 is 1.18. The van der Waals surface area contributed by atoms with Gasteiger partial charge >= 0.3 is 5.97 Å². The Bertz CT molecular complexity index is 632. The zero-order chi connectivity index (χ0) is 13.6. The summed E-state index contributed by atoms with van der Waals surface area (Å²) in [6.07, 6.45) is 6.42. The Labute approximate surface area is 116 Å². The lowest BCUT2D eigenvalue weighted by Crippen LogP contribution is -2.05. The molecule has 0 unspecified atom stereocenters. The van der Waals surface area contributed by atoms with E-state index in [4.69, 9.17) is 0 Å². The van der Waals surface area contributed by atoms with Crippen LogP contribution in [0, 0.1) is 13.8 Å². The standard InChI is InChI=1S/C15H19NO2S/c1-8-12-14(19-13(8)15(17)18)11(9(2)16-12)10-6-4-3-5-7-10/h10,16H,3-7H2,1-2H3,(H,17,18). The zero-order valence-corrected chi connectivity index (χ0v) is 12.2. The molecule has 0 aromatic carbocycles. The molecule has 0 saturated heterocycles. The van der Waals surface area contributed by atoms with Gasteiger partial charge in [0.15, 0.2) is 0 Å². The summed E-state index contributed by atoms with van der Waals surface area (Å²) in [5, 5.41) is 9.25. The molecule has 2 aromatic rings. The number of fused-ring (bicyclic) bond motifs is 1. The Kier molecular flexibility index (Phi) is 3.13. The number of thiophene rings is 1. The molecule has 3 rings (SSSR count). The lowest BCUT2D eigenvalue weighted by Gasteiger charge is -2.21. The third-order valence-corrected chi connectivity index (χ3v) is 5.63. The maximum absolute atomic E-state index is 11.3. The minimum Gasteiger partial charge on any atom is -0.477 e. The Hall–Kier alpha value is -1.29. The molecule has 4 heteroatoms. The summed E-state index contributed by atoms with van der Waals surface area (Å²) in [6, 6.07) is 0. The van der Waals surface area contributed by atoms with Crippen molar-refractivity contribution in [3.63, 3.8) is 0 Å². The number of aromatic nitrogens is 1. The van der Waals surface area contributed by atoms with Crippen LogP contribution < -0.4 is 0 Å². The molecule has 2 aromatic heterocycles. The van der Waals surface area contributed by atoms with Crippen molar-refractivity contribution in [2.45, 2.75) is 51.9 Å². The SMILES string of the molecule is Cc1[nH]c2c(C)c(C(=O)O)sc2c1C1CCCCC1. The molecule has 19 heavy (non-hydrogen) atoms. The maximum Gasteiger partial charge on any atom is 0.346 e. The first-order valence-electron chi connectivity index (χ1n) is 6.94. The molecule has 1 saturated carbocycles. The highest BCUT2D eigenvalue weighted by molar-refractivity contribution is 7.21. The highest BCUT2D eigenvalue weighted by Crippen LogP contribution is 2.42.